The molecule has 10 heavy (non-hydrogen) atoms. The highest BCUT2D eigenvalue weighted by molar-refractivity contribution is 7.11. The molecule has 0 saturated heterocycles. The lowest BCUT2D eigenvalue weighted by molar-refractivity contribution is 0.987. The SMILES string of the molecule is CC1=CCCc2ccsc21. The van der Waals surface area contributed by atoms with Crippen molar-refractivity contribution in [3.8, 4) is 0 Å². The van der Waals surface area contributed by atoms with Crippen molar-refractivity contribution in [3.63, 3.8) is 0 Å². The molecule has 1 aromatic rings. The molecule has 0 spiro atoms. The normalized spacial score (nSPS) is 16.3. The molecule has 1 aromatic heterocycles. The summed E-state index contributed by atoms with van der Waals surface area (Å²) in [7, 11) is 0. The van der Waals surface area contributed by atoms with Gasteiger partial charge in [-0.25, -0.2) is 0 Å². The molecule has 0 nitrogen and oxygen atoms in total. The first-order valence-electron chi connectivity index (χ1n) is 3.61. The van der Waals surface area contributed by atoms with E-state index in [0.717, 1.165) is 0 Å². The maximum Gasteiger partial charge on any atom is 0.0328 e. The predicted octanol–water partition coefficient (Wildman–Crippen LogP) is 3.10. The zero-order valence-electron chi connectivity index (χ0n) is 6.05. The van der Waals surface area contributed by atoms with Crippen LogP contribution >= 0.6 is 11.3 Å². The topological polar surface area (TPSA) is 0 Å². The molecule has 52 valence electrons. The Bertz CT molecular complexity index is 268. The number of allylic oxidation sites excluding steroid dienone is 2. The first-order valence-corrected chi connectivity index (χ1v) is 4.49. The fourth-order valence-corrected chi connectivity index (χ4v) is 2.37. The van der Waals surface area contributed by atoms with E-state index in [4.69, 9.17) is 0 Å². The van der Waals surface area contributed by atoms with Crippen LogP contribution in [-0.4, -0.2) is 0 Å². The van der Waals surface area contributed by atoms with Crippen molar-refractivity contribution in [2.24, 2.45) is 0 Å². The van der Waals surface area contributed by atoms with E-state index >= 15 is 0 Å². The zero-order valence-corrected chi connectivity index (χ0v) is 6.87. The summed E-state index contributed by atoms with van der Waals surface area (Å²) in [6.07, 6.45) is 4.81. The van der Waals surface area contributed by atoms with Crippen molar-refractivity contribution in [1.82, 2.24) is 0 Å². The van der Waals surface area contributed by atoms with Gasteiger partial charge in [0.15, 0.2) is 0 Å². The van der Waals surface area contributed by atoms with Crippen molar-refractivity contribution in [3.05, 3.63) is 28.0 Å². The third-order valence-corrected chi connectivity index (χ3v) is 3.06. The quantitative estimate of drug-likeness (QED) is 0.533. The van der Waals surface area contributed by atoms with E-state index in [-0.39, 0.29) is 0 Å². The van der Waals surface area contributed by atoms with Crippen molar-refractivity contribution in [2.75, 3.05) is 0 Å². The van der Waals surface area contributed by atoms with Gasteiger partial charge >= 0.3 is 0 Å². The highest BCUT2D eigenvalue weighted by Gasteiger charge is 2.08. The van der Waals surface area contributed by atoms with Gasteiger partial charge in [0, 0.05) is 4.88 Å². The Kier molecular flexibility index (Phi) is 1.38. The van der Waals surface area contributed by atoms with Gasteiger partial charge in [0.1, 0.15) is 0 Å². The zero-order chi connectivity index (χ0) is 6.97. The van der Waals surface area contributed by atoms with Crippen LogP contribution in [0.3, 0.4) is 0 Å². The molecule has 0 atom stereocenters. The monoisotopic (exact) mass is 150 g/mol. The molecular formula is C9H10S. The summed E-state index contributed by atoms with van der Waals surface area (Å²) in [6.45, 7) is 2.20. The largest absolute Gasteiger partial charge is 0.144 e. The molecular weight excluding hydrogens is 140 g/mol. The second-order valence-corrected chi connectivity index (χ2v) is 3.62. The van der Waals surface area contributed by atoms with Crippen molar-refractivity contribution in [2.45, 2.75) is 19.8 Å². The van der Waals surface area contributed by atoms with Crippen molar-refractivity contribution >= 4 is 16.9 Å². The number of hydrogen-bond acceptors (Lipinski definition) is 1. The Morgan fingerprint density at radius 2 is 2.40 bits per heavy atom. The first kappa shape index (κ1) is 6.17. The molecule has 0 N–H and O–H groups in total. The van der Waals surface area contributed by atoms with Gasteiger partial charge in [-0.2, -0.15) is 0 Å². The van der Waals surface area contributed by atoms with E-state index in [9.17, 15) is 0 Å². The van der Waals surface area contributed by atoms with Gasteiger partial charge in [-0.05, 0) is 42.3 Å². The molecule has 1 heterocycles. The fourth-order valence-electron chi connectivity index (χ4n) is 1.42. The first-order chi connectivity index (χ1) is 4.88. The van der Waals surface area contributed by atoms with E-state index in [2.05, 4.69) is 24.4 Å². The van der Waals surface area contributed by atoms with Crippen LogP contribution in [0, 0.1) is 0 Å². The molecule has 0 aromatic carbocycles. The molecule has 0 aliphatic heterocycles. The van der Waals surface area contributed by atoms with Crippen LogP contribution in [0.25, 0.3) is 5.57 Å². The van der Waals surface area contributed by atoms with Gasteiger partial charge in [0.25, 0.3) is 0 Å². The van der Waals surface area contributed by atoms with Crippen LogP contribution in [0.15, 0.2) is 17.5 Å². The summed E-state index contributed by atoms with van der Waals surface area (Å²) in [5.41, 5.74) is 3.02. The number of thiophene rings is 1. The minimum atomic E-state index is 1.23. The third-order valence-electron chi connectivity index (χ3n) is 1.97. The van der Waals surface area contributed by atoms with E-state index in [1.807, 2.05) is 11.3 Å². The molecule has 1 aliphatic carbocycles. The smallest absolute Gasteiger partial charge is 0.0328 e. The lowest BCUT2D eigenvalue weighted by atomic mass is 10.0. The molecule has 0 fully saturated rings. The number of aryl methyl sites for hydroxylation is 1. The second-order valence-electron chi connectivity index (χ2n) is 2.70. The summed E-state index contributed by atoms with van der Waals surface area (Å²) in [6, 6.07) is 2.25. The van der Waals surface area contributed by atoms with Gasteiger partial charge < -0.3 is 0 Å². The fraction of sp³-hybridized carbons (Fsp3) is 0.333. The minimum absolute atomic E-state index is 1.23. The number of hydrogen-bond donors (Lipinski definition) is 0. The minimum Gasteiger partial charge on any atom is -0.144 e. The van der Waals surface area contributed by atoms with E-state index in [1.165, 1.54) is 23.3 Å². The standard InChI is InChI=1S/C9H10S/c1-7-3-2-4-8-5-6-10-9(7)8/h3,5-6H,2,4H2,1H3. The van der Waals surface area contributed by atoms with Crippen molar-refractivity contribution in [1.29, 1.82) is 0 Å². The maximum absolute atomic E-state index is 2.33. The average Bonchev–Trinajstić information content (AvgIpc) is 2.36. The molecule has 0 bridgehead atoms. The van der Waals surface area contributed by atoms with Crippen LogP contribution in [-0.2, 0) is 6.42 Å². The molecule has 0 saturated carbocycles. The third kappa shape index (κ3) is 0.816. The van der Waals surface area contributed by atoms with E-state index in [1.54, 1.807) is 5.56 Å². The van der Waals surface area contributed by atoms with E-state index < -0.39 is 0 Å². The second kappa shape index (κ2) is 2.24. The molecule has 0 unspecified atom stereocenters. The van der Waals surface area contributed by atoms with Crippen LogP contribution < -0.4 is 0 Å². The molecule has 0 radical (unpaired) electrons. The lowest BCUT2D eigenvalue weighted by Crippen LogP contribution is -1.91. The summed E-state index contributed by atoms with van der Waals surface area (Å²) in [5.74, 6) is 0. The highest BCUT2D eigenvalue weighted by Crippen LogP contribution is 2.30. The summed E-state index contributed by atoms with van der Waals surface area (Å²) in [5, 5.41) is 2.19. The Balaban J connectivity index is 2.55. The average molecular weight is 150 g/mol. The highest BCUT2D eigenvalue weighted by atomic mass is 32.1. The van der Waals surface area contributed by atoms with Gasteiger partial charge in [-0.3, -0.25) is 0 Å². The van der Waals surface area contributed by atoms with E-state index in [0.29, 0.717) is 0 Å². The van der Waals surface area contributed by atoms with Gasteiger partial charge in [-0.1, -0.05) is 6.08 Å². The van der Waals surface area contributed by atoms with Crippen LogP contribution in [0.5, 0.6) is 0 Å². The summed E-state index contributed by atoms with van der Waals surface area (Å²) in [4.78, 5) is 1.51. The summed E-state index contributed by atoms with van der Waals surface area (Å²) >= 11 is 1.87. The van der Waals surface area contributed by atoms with Crippen LogP contribution in [0.1, 0.15) is 23.8 Å². The molecule has 0 amide bonds. The Morgan fingerprint density at radius 3 is 3.20 bits per heavy atom. The maximum atomic E-state index is 2.33. The van der Waals surface area contributed by atoms with Gasteiger partial charge in [0.05, 0.1) is 0 Å². The predicted molar refractivity (Wildman–Crippen MR) is 46.3 cm³/mol. The van der Waals surface area contributed by atoms with Crippen LogP contribution in [0.4, 0.5) is 0 Å². The Morgan fingerprint density at radius 1 is 1.50 bits per heavy atom. The number of rotatable bonds is 0. The summed E-state index contributed by atoms with van der Waals surface area (Å²) < 4.78 is 0. The molecule has 2 rings (SSSR count). The molecule has 1 heteroatoms. The van der Waals surface area contributed by atoms with Gasteiger partial charge in [-0.15, -0.1) is 11.3 Å². The number of fused-ring (bicyclic) bond motifs is 1. The molecule has 1 aliphatic rings. The Labute approximate surface area is 65.2 Å². The van der Waals surface area contributed by atoms with Crippen molar-refractivity contribution < 1.29 is 0 Å². The van der Waals surface area contributed by atoms with Crippen LogP contribution in [0.2, 0.25) is 0 Å². The lowest BCUT2D eigenvalue weighted by Gasteiger charge is -2.08. The Hall–Kier alpha value is -0.560. The van der Waals surface area contributed by atoms with Gasteiger partial charge in [0.2, 0.25) is 0 Å².